The Morgan fingerprint density at radius 2 is 2.00 bits per heavy atom. The molecule has 0 saturated carbocycles. The summed E-state index contributed by atoms with van der Waals surface area (Å²) in [5.74, 6) is 0.397. The molecule has 166 valence electrons. The molecule has 4 rings (SSSR count). The highest BCUT2D eigenvalue weighted by atomic mass is 16.5. The summed E-state index contributed by atoms with van der Waals surface area (Å²) >= 11 is 0. The van der Waals surface area contributed by atoms with Crippen LogP contribution in [0.4, 0.5) is 5.82 Å². The lowest BCUT2D eigenvalue weighted by Crippen LogP contribution is -2.42. The van der Waals surface area contributed by atoms with E-state index in [1.54, 1.807) is 36.3 Å². The lowest BCUT2D eigenvalue weighted by atomic mass is 10.0. The van der Waals surface area contributed by atoms with Crippen LogP contribution in [0.1, 0.15) is 46.4 Å². The van der Waals surface area contributed by atoms with Crippen LogP contribution in [-0.4, -0.2) is 59.5 Å². The van der Waals surface area contributed by atoms with Gasteiger partial charge in [0.2, 0.25) is 0 Å². The van der Waals surface area contributed by atoms with Crippen LogP contribution in [-0.2, 0) is 4.74 Å². The van der Waals surface area contributed by atoms with Crippen molar-refractivity contribution in [2.75, 3.05) is 32.1 Å². The molecule has 0 aliphatic carbocycles. The summed E-state index contributed by atoms with van der Waals surface area (Å²) in [5, 5.41) is 6.70. The van der Waals surface area contributed by atoms with Gasteiger partial charge < -0.3 is 20.3 Å². The second-order valence-electron chi connectivity index (χ2n) is 8.03. The molecule has 0 spiro atoms. The third kappa shape index (κ3) is 4.55. The number of benzene rings is 1. The van der Waals surface area contributed by atoms with Crippen molar-refractivity contribution in [3.63, 3.8) is 0 Å². The van der Waals surface area contributed by atoms with E-state index in [2.05, 4.69) is 15.6 Å². The average molecular weight is 434 g/mol. The zero-order valence-corrected chi connectivity index (χ0v) is 18.5. The van der Waals surface area contributed by atoms with Crippen molar-refractivity contribution in [3.8, 4) is 0 Å². The maximum Gasteiger partial charge on any atom is 0.254 e. The number of carbonyl (C=O) groups excluding carboxylic acids is 2. The average Bonchev–Trinajstić information content (AvgIpc) is 2.82. The highest BCUT2D eigenvalue weighted by Crippen LogP contribution is 2.27. The Hall–Kier alpha value is -3.52. The Bertz CT molecular complexity index is 1150. The van der Waals surface area contributed by atoms with Gasteiger partial charge in [-0.1, -0.05) is 18.2 Å². The molecule has 0 bridgehead atoms. The topological polar surface area (TPSA) is 96.5 Å². The minimum absolute atomic E-state index is 0.0137. The molecule has 8 nitrogen and oxygen atoms in total. The molecule has 2 N–H and O–H groups in total. The van der Waals surface area contributed by atoms with Crippen LogP contribution >= 0.6 is 0 Å². The molecular formula is C24H27N5O3. The first kappa shape index (κ1) is 21.7. The quantitative estimate of drug-likeness (QED) is 0.642. The van der Waals surface area contributed by atoms with Crippen molar-refractivity contribution in [2.45, 2.75) is 26.0 Å². The summed E-state index contributed by atoms with van der Waals surface area (Å²) in [6.45, 7) is 5.08. The molecule has 0 radical (unpaired) electrons. The zero-order chi connectivity index (χ0) is 22.7. The number of nitrogens with zero attached hydrogens (tertiary/aromatic N) is 3. The van der Waals surface area contributed by atoms with Crippen molar-refractivity contribution >= 4 is 28.5 Å². The number of hydrogen-bond donors (Lipinski definition) is 2. The SMILES string of the molecule is CNc1cc(C(=O)N2CCO[C@@H](c3cc(C(=O)NC(C)C)c4ccccc4n3)C2)ccn1. The van der Waals surface area contributed by atoms with Crippen molar-refractivity contribution in [1.29, 1.82) is 0 Å². The van der Waals surface area contributed by atoms with Crippen molar-refractivity contribution in [3.05, 3.63) is 65.5 Å². The summed E-state index contributed by atoms with van der Waals surface area (Å²) in [7, 11) is 1.76. The highest BCUT2D eigenvalue weighted by molar-refractivity contribution is 6.06. The molecule has 3 aromatic rings. The molecule has 32 heavy (non-hydrogen) atoms. The van der Waals surface area contributed by atoms with E-state index in [1.165, 1.54) is 0 Å². The van der Waals surface area contributed by atoms with Crippen LogP contribution in [0.15, 0.2) is 48.7 Å². The summed E-state index contributed by atoms with van der Waals surface area (Å²) in [5.41, 5.74) is 2.48. The maximum atomic E-state index is 13.1. The van der Waals surface area contributed by atoms with Crippen molar-refractivity contribution in [2.24, 2.45) is 0 Å². The van der Waals surface area contributed by atoms with Crippen LogP contribution in [0.3, 0.4) is 0 Å². The summed E-state index contributed by atoms with van der Waals surface area (Å²) in [6.07, 6.45) is 1.19. The van der Waals surface area contributed by atoms with Gasteiger partial charge in [0.1, 0.15) is 11.9 Å². The highest BCUT2D eigenvalue weighted by Gasteiger charge is 2.28. The van der Waals surface area contributed by atoms with Crippen molar-refractivity contribution in [1.82, 2.24) is 20.2 Å². The van der Waals surface area contributed by atoms with E-state index in [0.29, 0.717) is 42.3 Å². The number of nitrogens with one attached hydrogen (secondary N) is 2. The lowest BCUT2D eigenvalue weighted by Gasteiger charge is -2.33. The van der Waals surface area contributed by atoms with E-state index in [0.717, 1.165) is 10.9 Å². The number of fused-ring (bicyclic) bond motifs is 1. The number of aromatic nitrogens is 2. The van der Waals surface area contributed by atoms with Crippen LogP contribution in [0, 0.1) is 0 Å². The molecule has 3 heterocycles. The van der Waals surface area contributed by atoms with E-state index in [1.807, 2.05) is 38.1 Å². The Balaban J connectivity index is 1.63. The number of anilines is 1. The minimum atomic E-state index is -0.423. The summed E-state index contributed by atoms with van der Waals surface area (Å²) in [4.78, 5) is 36.6. The summed E-state index contributed by atoms with van der Waals surface area (Å²) in [6, 6.07) is 12.8. The molecule has 0 unspecified atom stereocenters. The molecule has 1 aliphatic rings. The number of pyridine rings is 2. The summed E-state index contributed by atoms with van der Waals surface area (Å²) < 4.78 is 5.98. The number of hydrogen-bond acceptors (Lipinski definition) is 6. The third-order valence-corrected chi connectivity index (χ3v) is 5.35. The van der Waals surface area contributed by atoms with Crippen LogP contribution in [0.5, 0.6) is 0 Å². The number of rotatable bonds is 5. The fourth-order valence-electron chi connectivity index (χ4n) is 3.78. The van der Waals surface area contributed by atoms with Gasteiger partial charge in [-0.15, -0.1) is 0 Å². The molecule has 2 amide bonds. The second-order valence-corrected chi connectivity index (χ2v) is 8.03. The smallest absolute Gasteiger partial charge is 0.254 e. The van der Waals surface area contributed by atoms with Crippen molar-refractivity contribution < 1.29 is 14.3 Å². The fraction of sp³-hybridized carbons (Fsp3) is 0.333. The number of carbonyl (C=O) groups is 2. The molecular weight excluding hydrogens is 406 g/mol. The second kappa shape index (κ2) is 9.32. The first-order chi connectivity index (χ1) is 15.5. The van der Waals surface area contributed by atoms with E-state index in [-0.39, 0.29) is 17.9 Å². The number of amides is 2. The van der Waals surface area contributed by atoms with Gasteiger partial charge in [-0.05, 0) is 38.1 Å². The molecule has 1 saturated heterocycles. The number of para-hydroxylation sites is 1. The first-order valence-electron chi connectivity index (χ1n) is 10.7. The lowest BCUT2D eigenvalue weighted by molar-refractivity contribution is -0.0246. The predicted molar refractivity (Wildman–Crippen MR) is 123 cm³/mol. The molecule has 8 heteroatoms. The Kier molecular flexibility index (Phi) is 6.32. The van der Waals surface area contributed by atoms with Crippen LogP contribution in [0.25, 0.3) is 10.9 Å². The van der Waals surface area contributed by atoms with Gasteiger partial charge in [-0.25, -0.2) is 9.97 Å². The van der Waals surface area contributed by atoms with Crippen LogP contribution < -0.4 is 10.6 Å². The fourth-order valence-corrected chi connectivity index (χ4v) is 3.78. The van der Waals surface area contributed by atoms with Gasteiger partial charge in [-0.3, -0.25) is 9.59 Å². The van der Waals surface area contributed by atoms with E-state index < -0.39 is 6.10 Å². The predicted octanol–water partition coefficient (Wildman–Crippen LogP) is 3.02. The first-order valence-corrected chi connectivity index (χ1v) is 10.7. The monoisotopic (exact) mass is 433 g/mol. The molecule has 1 aromatic carbocycles. The maximum absolute atomic E-state index is 13.1. The third-order valence-electron chi connectivity index (χ3n) is 5.35. The van der Waals surface area contributed by atoms with Gasteiger partial charge in [0.15, 0.2) is 0 Å². The van der Waals surface area contributed by atoms with E-state index >= 15 is 0 Å². The Morgan fingerprint density at radius 1 is 1.19 bits per heavy atom. The molecule has 1 fully saturated rings. The van der Waals surface area contributed by atoms with Gasteiger partial charge in [0.05, 0.1) is 29.9 Å². The molecule has 1 aliphatic heterocycles. The van der Waals surface area contributed by atoms with E-state index in [4.69, 9.17) is 9.72 Å². The Morgan fingerprint density at radius 3 is 2.78 bits per heavy atom. The van der Waals surface area contributed by atoms with Gasteiger partial charge in [0, 0.05) is 36.8 Å². The minimum Gasteiger partial charge on any atom is -0.373 e. The van der Waals surface area contributed by atoms with Gasteiger partial charge in [-0.2, -0.15) is 0 Å². The largest absolute Gasteiger partial charge is 0.373 e. The molecule has 1 atom stereocenters. The van der Waals surface area contributed by atoms with E-state index in [9.17, 15) is 9.59 Å². The normalized spacial score (nSPS) is 16.2. The van der Waals surface area contributed by atoms with Gasteiger partial charge in [0.25, 0.3) is 11.8 Å². The zero-order valence-electron chi connectivity index (χ0n) is 18.5. The Labute approximate surface area is 187 Å². The number of ether oxygens (including phenoxy) is 1. The standard InChI is InChI=1S/C24H27N5O3/c1-15(2)27-23(30)18-13-20(28-19-7-5-4-6-17(18)19)21-14-29(10-11-32-21)24(31)16-8-9-26-22(12-16)25-3/h4-9,12-13,15,21H,10-11,14H2,1-3H3,(H,25,26)(H,27,30)/t21-/m1/s1. The van der Waals surface area contributed by atoms with Gasteiger partial charge >= 0.3 is 0 Å². The molecule has 2 aromatic heterocycles. The number of morpholine rings is 1. The van der Waals surface area contributed by atoms with Crippen LogP contribution in [0.2, 0.25) is 0 Å².